The van der Waals surface area contributed by atoms with Crippen molar-refractivity contribution in [2.45, 2.75) is 17.4 Å². The van der Waals surface area contributed by atoms with Crippen molar-refractivity contribution in [3.63, 3.8) is 0 Å². The molecular weight excluding hydrogens is 370 g/mol. The lowest BCUT2D eigenvalue weighted by molar-refractivity contribution is 0.123. The van der Waals surface area contributed by atoms with E-state index in [-0.39, 0.29) is 4.90 Å². The molecule has 2 rings (SSSR count). The molecule has 2 aromatic rings. The van der Waals surface area contributed by atoms with Crippen molar-refractivity contribution in [2.24, 2.45) is 0 Å². The number of para-hydroxylation sites is 1. The van der Waals surface area contributed by atoms with Crippen LogP contribution >= 0.6 is 0 Å². The van der Waals surface area contributed by atoms with Gasteiger partial charge in [0, 0.05) is 33.9 Å². The van der Waals surface area contributed by atoms with Gasteiger partial charge in [-0.05, 0) is 30.7 Å². The van der Waals surface area contributed by atoms with E-state index in [2.05, 4.69) is 0 Å². The second-order valence-corrected chi connectivity index (χ2v) is 10.6. The van der Waals surface area contributed by atoms with Crippen LogP contribution in [0.3, 0.4) is 0 Å². The summed E-state index contributed by atoms with van der Waals surface area (Å²) in [6, 6.07) is 18.0. The molecule has 0 radical (unpaired) electrons. The van der Waals surface area contributed by atoms with E-state index in [0.717, 1.165) is 0 Å². The van der Waals surface area contributed by atoms with Crippen LogP contribution in [0.2, 0.25) is 6.04 Å². The molecule has 0 aromatic heterocycles. The van der Waals surface area contributed by atoms with E-state index in [9.17, 15) is 8.42 Å². The predicted molar refractivity (Wildman–Crippen MR) is 104 cm³/mol. The second kappa shape index (κ2) is 9.29. The van der Waals surface area contributed by atoms with Gasteiger partial charge in [0.1, 0.15) is 0 Å². The highest BCUT2D eigenvalue weighted by atomic mass is 32.2. The molecule has 142 valence electrons. The van der Waals surface area contributed by atoms with Gasteiger partial charge in [-0.3, -0.25) is 4.31 Å². The van der Waals surface area contributed by atoms with Gasteiger partial charge in [-0.15, -0.1) is 0 Å². The summed E-state index contributed by atoms with van der Waals surface area (Å²) in [4.78, 5) is 0.262. The molecule has 0 unspecified atom stereocenters. The maximum atomic E-state index is 13.1. The lowest BCUT2D eigenvalue weighted by Crippen LogP contribution is -2.43. The van der Waals surface area contributed by atoms with Crippen molar-refractivity contribution in [1.82, 2.24) is 0 Å². The molecular formula is C18H25NO5SSi. The Labute approximate surface area is 156 Å². The third kappa shape index (κ3) is 4.71. The molecule has 0 spiro atoms. The van der Waals surface area contributed by atoms with Gasteiger partial charge in [0.05, 0.1) is 10.6 Å². The largest absolute Gasteiger partial charge is 0.500 e. The number of rotatable bonds is 10. The van der Waals surface area contributed by atoms with Gasteiger partial charge in [-0.25, -0.2) is 8.42 Å². The summed E-state index contributed by atoms with van der Waals surface area (Å²) in [7, 11) is -1.76. The smallest absolute Gasteiger partial charge is 0.377 e. The number of benzene rings is 2. The van der Waals surface area contributed by atoms with Crippen LogP contribution in [0.4, 0.5) is 5.69 Å². The molecule has 6 nitrogen and oxygen atoms in total. The summed E-state index contributed by atoms with van der Waals surface area (Å²) in [6.07, 6.45) is 0.544. The first-order valence-electron chi connectivity index (χ1n) is 8.27. The molecule has 0 bridgehead atoms. The van der Waals surface area contributed by atoms with Crippen LogP contribution in [0.25, 0.3) is 0 Å². The quantitative estimate of drug-likeness (QED) is 0.578. The van der Waals surface area contributed by atoms with Crippen molar-refractivity contribution >= 4 is 24.5 Å². The van der Waals surface area contributed by atoms with Crippen molar-refractivity contribution in [1.29, 1.82) is 0 Å². The molecule has 0 N–H and O–H groups in total. The van der Waals surface area contributed by atoms with E-state index in [1.165, 1.54) is 4.31 Å². The Bertz CT molecular complexity index is 758. The van der Waals surface area contributed by atoms with E-state index in [0.29, 0.717) is 24.7 Å². The highest BCUT2D eigenvalue weighted by Crippen LogP contribution is 2.25. The second-order valence-electron chi connectivity index (χ2n) is 5.62. The maximum absolute atomic E-state index is 13.1. The van der Waals surface area contributed by atoms with Gasteiger partial charge in [0.25, 0.3) is 10.0 Å². The molecule has 0 aliphatic heterocycles. The molecule has 26 heavy (non-hydrogen) atoms. The minimum absolute atomic E-state index is 0.262. The molecule has 0 saturated heterocycles. The highest BCUT2D eigenvalue weighted by molar-refractivity contribution is 7.92. The van der Waals surface area contributed by atoms with Gasteiger partial charge in [0.15, 0.2) is 0 Å². The number of anilines is 1. The lowest BCUT2D eigenvalue weighted by atomic mass is 10.3. The topological polar surface area (TPSA) is 65.1 Å². The fraction of sp³-hybridized carbons (Fsp3) is 0.333. The Hall–Kier alpha value is -1.71. The van der Waals surface area contributed by atoms with E-state index >= 15 is 0 Å². The van der Waals surface area contributed by atoms with Gasteiger partial charge in [-0.2, -0.15) is 0 Å². The first-order valence-corrected chi connectivity index (χ1v) is 11.6. The molecule has 0 saturated carbocycles. The first kappa shape index (κ1) is 20.6. The summed E-state index contributed by atoms with van der Waals surface area (Å²) in [5, 5.41) is 0. The van der Waals surface area contributed by atoms with Crippen molar-refractivity contribution in [3.05, 3.63) is 60.7 Å². The maximum Gasteiger partial charge on any atom is 0.500 e. The van der Waals surface area contributed by atoms with Gasteiger partial charge >= 0.3 is 8.80 Å². The first-order chi connectivity index (χ1) is 12.5. The van der Waals surface area contributed by atoms with Crippen molar-refractivity contribution < 1.29 is 21.7 Å². The van der Waals surface area contributed by atoms with Gasteiger partial charge in [-0.1, -0.05) is 36.4 Å². The fourth-order valence-electron chi connectivity index (χ4n) is 2.70. The Morgan fingerprint density at radius 1 is 0.846 bits per heavy atom. The van der Waals surface area contributed by atoms with Crippen LogP contribution in [-0.4, -0.2) is 45.1 Å². The molecule has 8 heteroatoms. The molecule has 0 atom stereocenters. The Kier molecular flexibility index (Phi) is 7.36. The zero-order valence-corrected chi connectivity index (χ0v) is 17.1. The Balaban J connectivity index is 2.26. The third-order valence-electron chi connectivity index (χ3n) is 4.15. The average molecular weight is 396 g/mol. The zero-order chi connectivity index (χ0) is 19.0. The SMILES string of the molecule is CO[Si](CCCN(c1ccccc1)S(=O)(=O)c1ccccc1)(OC)OC. The number of sulfonamides is 1. The minimum atomic E-state index is -3.67. The standard InChI is InChI=1S/C18H25NO5SSi/c1-22-26(23-2,24-3)16-10-15-19(17-11-6-4-7-12-17)25(20,21)18-13-8-5-9-14-18/h4-9,11-14H,10,15-16H2,1-3H3. The summed E-state index contributed by atoms with van der Waals surface area (Å²) < 4.78 is 44.0. The zero-order valence-electron chi connectivity index (χ0n) is 15.3. The molecule has 0 heterocycles. The van der Waals surface area contributed by atoms with Crippen LogP contribution in [-0.2, 0) is 23.3 Å². The van der Waals surface area contributed by atoms with Gasteiger partial charge in [0.2, 0.25) is 0 Å². The summed E-state index contributed by atoms with van der Waals surface area (Å²) >= 11 is 0. The van der Waals surface area contributed by atoms with E-state index in [4.69, 9.17) is 13.3 Å². The average Bonchev–Trinajstić information content (AvgIpc) is 2.70. The van der Waals surface area contributed by atoms with Crippen LogP contribution < -0.4 is 4.31 Å². The van der Waals surface area contributed by atoms with Crippen LogP contribution in [0.5, 0.6) is 0 Å². The van der Waals surface area contributed by atoms with Crippen LogP contribution in [0, 0.1) is 0 Å². The van der Waals surface area contributed by atoms with Gasteiger partial charge < -0.3 is 13.3 Å². The lowest BCUT2D eigenvalue weighted by Gasteiger charge is -2.27. The summed E-state index contributed by atoms with van der Waals surface area (Å²) in [6.45, 7) is 0.298. The summed E-state index contributed by atoms with van der Waals surface area (Å²) in [5.41, 5.74) is 0.621. The Morgan fingerprint density at radius 2 is 1.35 bits per heavy atom. The molecule has 0 aliphatic rings. The van der Waals surface area contributed by atoms with Crippen LogP contribution in [0.15, 0.2) is 65.6 Å². The Morgan fingerprint density at radius 3 is 1.85 bits per heavy atom. The number of nitrogens with zero attached hydrogens (tertiary/aromatic N) is 1. The van der Waals surface area contributed by atoms with Crippen molar-refractivity contribution in [3.8, 4) is 0 Å². The van der Waals surface area contributed by atoms with E-state index in [1.807, 2.05) is 18.2 Å². The number of hydrogen-bond acceptors (Lipinski definition) is 5. The molecule has 0 amide bonds. The highest BCUT2D eigenvalue weighted by Gasteiger charge is 2.37. The predicted octanol–water partition coefficient (Wildman–Crippen LogP) is 3.15. The van der Waals surface area contributed by atoms with E-state index < -0.39 is 18.8 Å². The van der Waals surface area contributed by atoms with Crippen molar-refractivity contribution in [2.75, 3.05) is 32.2 Å². The monoisotopic (exact) mass is 395 g/mol. The molecule has 2 aromatic carbocycles. The molecule has 0 aliphatic carbocycles. The third-order valence-corrected chi connectivity index (χ3v) is 8.83. The van der Waals surface area contributed by atoms with Crippen LogP contribution in [0.1, 0.15) is 6.42 Å². The van der Waals surface area contributed by atoms with E-state index in [1.54, 1.807) is 63.8 Å². The minimum Gasteiger partial charge on any atom is -0.377 e. The number of hydrogen-bond donors (Lipinski definition) is 0. The normalized spacial score (nSPS) is 12.1. The summed E-state index contributed by atoms with van der Waals surface area (Å²) in [5.74, 6) is 0. The molecule has 0 fully saturated rings. The fourth-order valence-corrected chi connectivity index (χ4v) is 5.93.